The Kier molecular flexibility index (Phi) is 5.79. The van der Waals surface area contributed by atoms with Gasteiger partial charge in [0, 0.05) is 38.2 Å². The lowest BCUT2D eigenvalue weighted by Gasteiger charge is -2.29. The first-order valence-corrected chi connectivity index (χ1v) is 7.09. The Balaban J connectivity index is 2.68. The number of hydrogen-bond donors (Lipinski definition) is 1. The highest BCUT2D eigenvalue weighted by atomic mass is 16.3. The highest BCUT2D eigenvalue weighted by molar-refractivity contribution is 5.89. The molecule has 0 aliphatic carbocycles. The molecule has 0 bridgehead atoms. The van der Waals surface area contributed by atoms with Gasteiger partial charge in [0.25, 0.3) is 0 Å². The Morgan fingerprint density at radius 1 is 1.42 bits per heavy atom. The summed E-state index contributed by atoms with van der Waals surface area (Å²) in [6.07, 6.45) is 0.901. The number of rotatable bonds is 6. The zero-order valence-corrected chi connectivity index (χ0v) is 12.4. The summed E-state index contributed by atoms with van der Waals surface area (Å²) in [5.41, 5.74) is 0. The summed E-state index contributed by atoms with van der Waals surface area (Å²) < 4.78 is 0. The topological polar surface area (TPSA) is 60.9 Å². The predicted octanol–water partition coefficient (Wildman–Crippen LogP) is 0.863. The van der Waals surface area contributed by atoms with Gasteiger partial charge in [-0.3, -0.25) is 9.59 Å². The molecule has 19 heavy (non-hydrogen) atoms. The second-order valence-electron chi connectivity index (χ2n) is 5.74. The molecule has 0 spiro atoms. The van der Waals surface area contributed by atoms with Gasteiger partial charge in [-0.15, -0.1) is 0 Å². The normalized spacial score (nSPS) is 19.6. The third kappa shape index (κ3) is 3.93. The van der Waals surface area contributed by atoms with E-state index < -0.39 is 0 Å². The van der Waals surface area contributed by atoms with Gasteiger partial charge in [0.1, 0.15) is 0 Å². The van der Waals surface area contributed by atoms with Crippen molar-refractivity contribution in [3.8, 4) is 0 Å². The van der Waals surface area contributed by atoms with Crippen molar-refractivity contribution >= 4 is 11.8 Å². The van der Waals surface area contributed by atoms with Gasteiger partial charge in [0.2, 0.25) is 11.8 Å². The fourth-order valence-electron chi connectivity index (χ4n) is 2.49. The van der Waals surface area contributed by atoms with Gasteiger partial charge in [-0.2, -0.15) is 0 Å². The van der Waals surface area contributed by atoms with Gasteiger partial charge in [-0.25, -0.2) is 0 Å². The van der Waals surface area contributed by atoms with Crippen LogP contribution in [0.15, 0.2) is 0 Å². The minimum absolute atomic E-state index is 0.0416. The molecule has 1 aliphatic rings. The molecule has 1 heterocycles. The molecule has 5 heteroatoms. The van der Waals surface area contributed by atoms with Crippen molar-refractivity contribution in [2.24, 2.45) is 5.92 Å². The molecular weight excluding hydrogens is 244 g/mol. The van der Waals surface area contributed by atoms with E-state index in [0.29, 0.717) is 25.9 Å². The van der Waals surface area contributed by atoms with Gasteiger partial charge in [0.05, 0.1) is 5.92 Å². The molecular formula is C14H26N2O3. The lowest BCUT2D eigenvalue weighted by atomic mass is 10.1. The molecule has 1 N–H and O–H groups in total. The number of carbonyl (C=O) groups excluding carboxylic acids is 2. The minimum atomic E-state index is -0.226. The summed E-state index contributed by atoms with van der Waals surface area (Å²) in [7, 11) is 0. The second kappa shape index (κ2) is 6.89. The van der Waals surface area contributed by atoms with Crippen molar-refractivity contribution in [1.29, 1.82) is 0 Å². The maximum absolute atomic E-state index is 12.5. The Morgan fingerprint density at radius 2 is 2.05 bits per heavy atom. The molecule has 1 atom stereocenters. The van der Waals surface area contributed by atoms with E-state index in [9.17, 15) is 9.59 Å². The number of carbonyl (C=O) groups is 2. The molecule has 0 aromatic carbocycles. The maximum Gasteiger partial charge on any atom is 0.228 e. The molecule has 0 aromatic rings. The van der Waals surface area contributed by atoms with Crippen molar-refractivity contribution in [2.45, 2.75) is 52.6 Å². The largest absolute Gasteiger partial charge is 0.396 e. The van der Waals surface area contributed by atoms with Crippen LogP contribution in [0.1, 0.15) is 40.5 Å². The summed E-state index contributed by atoms with van der Waals surface area (Å²) in [6.45, 7) is 9.03. The summed E-state index contributed by atoms with van der Waals surface area (Å²) in [5, 5.41) is 8.90. The average Bonchev–Trinajstić information content (AvgIpc) is 2.71. The smallest absolute Gasteiger partial charge is 0.228 e. The average molecular weight is 270 g/mol. The summed E-state index contributed by atoms with van der Waals surface area (Å²) in [4.78, 5) is 27.9. The van der Waals surface area contributed by atoms with E-state index in [-0.39, 0.29) is 36.4 Å². The van der Waals surface area contributed by atoms with Crippen molar-refractivity contribution in [2.75, 3.05) is 19.7 Å². The number of aliphatic hydroxyl groups is 1. The van der Waals surface area contributed by atoms with Gasteiger partial charge in [0.15, 0.2) is 0 Å². The van der Waals surface area contributed by atoms with E-state index in [1.165, 1.54) is 0 Å². The molecule has 1 unspecified atom stereocenters. The third-order valence-electron chi connectivity index (χ3n) is 3.59. The number of amides is 2. The molecule has 1 rings (SSSR count). The Morgan fingerprint density at radius 3 is 2.47 bits per heavy atom. The third-order valence-corrected chi connectivity index (χ3v) is 3.59. The van der Waals surface area contributed by atoms with E-state index in [2.05, 4.69) is 0 Å². The van der Waals surface area contributed by atoms with Crippen LogP contribution in [0.3, 0.4) is 0 Å². The molecule has 0 radical (unpaired) electrons. The molecule has 0 saturated carbocycles. The summed E-state index contributed by atoms with van der Waals surface area (Å²) in [6, 6.07) is 0.248. The number of likely N-dealkylation sites (tertiary alicyclic amines) is 1. The van der Waals surface area contributed by atoms with Crippen molar-refractivity contribution < 1.29 is 14.7 Å². The first-order chi connectivity index (χ1) is 8.88. The number of aliphatic hydroxyl groups excluding tert-OH is 1. The molecule has 1 fully saturated rings. The predicted molar refractivity (Wildman–Crippen MR) is 73.5 cm³/mol. The Hall–Kier alpha value is -1.10. The maximum atomic E-state index is 12.5. The van der Waals surface area contributed by atoms with Gasteiger partial charge in [-0.05, 0) is 34.1 Å². The second-order valence-corrected chi connectivity index (χ2v) is 5.74. The van der Waals surface area contributed by atoms with Crippen LogP contribution in [0.4, 0.5) is 0 Å². The van der Waals surface area contributed by atoms with E-state index in [1.807, 2.05) is 27.7 Å². The number of hydrogen-bond acceptors (Lipinski definition) is 3. The zero-order chi connectivity index (χ0) is 14.6. The fraction of sp³-hybridized carbons (Fsp3) is 0.857. The standard InChI is InChI=1S/C14H26N2O3/c1-10(2)15(6-5-7-17)14(19)12-8-13(18)16(9-12)11(3)4/h10-12,17H,5-9H2,1-4H3. The number of nitrogens with zero attached hydrogens (tertiary/aromatic N) is 2. The van der Waals surface area contributed by atoms with Crippen molar-refractivity contribution in [3.63, 3.8) is 0 Å². The Labute approximate surface area is 115 Å². The fourth-order valence-corrected chi connectivity index (χ4v) is 2.49. The van der Waals surface area contributed by atoms with Crippen LogP contribution < -0.4 is 0 Å². The summed E-state index contributed by atoms with van der Waals surface area (Å²) in [5.74, 6) is -0.116. The molecule has 1 aliphatic heterocycles. The first kappa shape index (κ1) is 16.0. The van der Waals surface area contributed by atoms with Crippen LogP contribution in [0.5, 0.6) is 0 Å². The highest BCUT2D eigenvalue weighted by Gasteiger charge is 2.37. The molecule has 1 saturated heterocycles. The highest BCUT2D eigenvalue weighted by Crippen LogP contribution is 2.23. The molecule has 5 nitrogen and oxygen atoms in total. The van der Waals surface area contributed by atoms with Crippen LogP contribution in [0.25, 0.3) is 0 Å². The van der Waals surface area contributed by atoms with Gasteiger partial charge >= 0.3 is 0 Å². The van der Waals surface area contributed by atoms with E-state index in [1.54, 1.807) is 9.80 Å². The van der Waals surface area contributed by atoms with Crippen molar-refractivity contribution in [3.05, 3.63) is 0 Å². The monoisotopic (exact) mass is 270 g/mol. The summed E-state index contributed by atoms with van der Waals surface area (Å²) >= 11 is 0. The minimum Gasteiger partial charge on any atom is -0.396 e. The van der Waals surface area contributed by atoms with Gasteiger partial charge < -0.3 is 14.9 Å². The lowest BCUT2D eigenvalue weighted by molar-refractivity contribution is -0.137. The first-order valence-electron chi connectivity index (χ1n) is 7.09. The van der Waals surface area contributed by atoms with Crippen molar-refractivity contribution in [1.82, 2.24) is 9.80 Å². The van der Waals surface area contributed by atoms with E-state index >= 15 is 0 Å². The van der Waals surface area contributed by atoms with E-state index in [0.717, 1.165) is 0 Å². The SMILES string of the molecule is CC(C)N1CC(C(=O)N(CCCO)C(C)C)CC1=O. The Bertz CT molecular complexity index is 329. The zero-order valence-electron chi connectivity index (χ0n) is 12.4. The lowest BCUT2D eigenvalue weighted by Crippen LogP contribution is -2.43. The van der Waals surface area contributed by atoms with E-state index in [4.69, 9.17) is 5.11 Å². The molecule has 2 amide bonds. The quantitative estimate of drug-likeness (QED) is 0.779. The molecule has 0 aromatic heterocycles. The molecule has 110 valence electrons. The van der Waals surface area contributed by atoms with Gasteiger partial charge in [-0.1, -0.05) is 0 Å². The van der Waals surface area contributed by atoms with Crippen LogP contribution in [0, 0.1) is 5.92 Å². The van der Waals surface area contributed by atoms with Crippen LogP contribution in [-0.4, -0.2) is 58.5 Å². The van der Waals surface area contributed by atoms with Crippen LogP contribution >= 0.6 is 0 Å². The van der Waals surface area contributed by atoms with Crippen LogP contribution in [-0.2, 0) is 9.59 Å². The van der Waals surface area contributed by atoms with Crippen LogP contribution in [0.2, 0.25) is 0 Å².